The first-order valence-corrected chi connectivity index (χ1v) is 7.85. The topological polar surface area (TPSA) is 49.3 Å². The Bertz CT molecular complexity index is 444. The third-order valence-electron chi connectivity index (χ3n) is 3.13. The van der Waals surface area contributed by atoms with Gasteiger partial charge in [-0.15, -0.1) is 11.8 Å². The monoisotopic (exact) mass is 295 g/mol. The van der Waals surface area contributed by atoms with Gasteiger partial charge in [0.15, 0.2) is 0 Å². The predicted octanol–water partition coefficient (Wildman–Crippen LogP) is 3.71. The SMILES string of the molecule is Cc1ccc(SC(C)CC(C)(NC(C)C)C(=O)O)cc1. The average Bonchev–Trinajstić information content (AvgIpc) is 2.30. The van der Waals surface area contributed by atoms with Crippen LogP contribution in [0.3, 0.4) is 0 Å². The van der Waals surface area contributed by atoms with E-state index in [1.54, 1.807) is 18.7 Å². The molecule has 1 aromatic carbocycles. The number of thioether (sulfide) groups is 1. The third-order valence-corrected chi connectivity index (χ3v) is 4.25. The van der Waals surface area contributed by atoms with Crippen LogP contribution in [-0.2, 0) is 4.79 Å². The summed E-state index contributed by atoms with van der Waals surface area (Å²) >= 11 is 1.72. The lowest BCUT2D eigenvalue weighted by Gasteiger charge is -2.31. The highest BCUT2D eigenvalue weighted by Crippen LogP contribution is 2.29. The van der Waals surface area contributed by atoms with E-state index in [0.717, 1.165) is 0 Å². The minimum atomic E-state index is -0.884. The second-order valence-electron chi connectivity index (χ2n) is 5.88. The number of nitrogens with one attached hydrogen (secondary N) is 1. The Morgan fingerprint density at radius 3 is 2.30 bits per heavy atom. The van der Waals surface area contributed by atoms with Gasteiger partial charge in [0, 0.05) is 16.2 Å². The van der Waals surface area contributed by atoms with E-state index in [1.807, 2.05) is 13.8 Å². The molecule has 2 unspecified atom stereocenters. The lowest BCUT2D eigenvalue weighted by atomic mass is 9.95. The Morgan fingerprint density at radius 1 is 1.30 bits per heavy atom. The second kappa shape index (κ2) is 7.14. The van der Waals surface area contributed by atoms with Crippen molar-refractivity contribution in [2.45, 2.75) is 62.8 Å². The Labute approximate surface area is 126 Å². The molecule has 0 heterocycles. The van der Waals surface area contributed by atoms with Gasteiger partial charge in [0.25, 0.3) is 0 Å². The largest absolute Gasteiger partial charge is 0.480 e. The van der Waals surface area contributed by atoms with Crippen LogP contribution in [0, 0.1) is 6.92 Å². The number of aliphatic carboxylic acids is 1. The van der Waals surface area contributed by atoms with Crippen LogP contribution in [0.5, 0.6) is 0 Å². The number of aryl methyl sites for hydroxylation is 1. The minimum absolute atomic E-state index is 0.146. The van der Waals surface area contributed by atoms with Crippen molar-refractivity contribution in [2.75, 3.05) is 0 Å². The van der Waals surface area contributed by atoms with Crippen molar-refractivity contribution in [3.8, 4) is 0 Å². The number of carboxylic acid groups (broad SMARTS) is 1. The molecule has 0 aliphatic heterocycles. The molecular formula is C16H25NO2S. The van der Waals surface area contributed by atoms with Crippen LogP contribution in [0.1, 0.15) is 39.7 Å². The summed E-state index contributed by atoms with van der Waals surface area (Å²) in [4.78, 5) is 12.7. The molecule has 1 rings (SSSR count). The van der Waals surface area contributed by atoms with Crippen molar-refractivity contribution >= 4 is 17.7 Å². The van der Waals surface area contributed by atoms with Gasteiger partial charge in [-0.05, 0) is 46.2 Å². The zero-order chi connectivity index (χ0) is 15.3. The molecule has 0 saturated heterocycles. The summed E-state index contributed by atoms with van der Waals surface area (Å²) in [5.41, 5.74) is 0.351. The molecule has 4 heteroatoms. The van der Waals surface area contributed by atoms with Gasteiger partial charge in [0.2, 0.25) is 0 Å². The van der Waals surface area contributed by atoms with E-state index < -0.39 is 11.5 Å². The first-order valence-electron chi connectivity index (χ1n) is 6.97. The van der Waals surface area contributed by atoms with Gasteiger partial charge in [0.05, 0.1) is 0 Å². The quantitative estimate of drug-likeness (QED) is 0.753. The normalized spacial score (nSPS) is 15.9. The van der Waals surface area contributed by atoms with E-state index >= 15 is 0 Å². The van der Waals surface area contributed by atoms with Crippen LogP contribution in [0.15, 0.2) is 29.2 Å². The highest BCUT2D eigenvalue weighted by molar-refractivity contribution is 7.99. The minimum Gasteiger partial charge on any atom is -0.480 e. The summed E-state index contributed by atoms with van der Waals surface area (Å²) in [6.07, 6.45) is 0.582. The van der Waals surface area contributed by atoms with Gasteiger partial charge >= 0.3 is 5.97 Å². The van der Waals surface area contributed by atoms with E-state index in [0.29, 0.717) is 6.42 Å². The van der Waals surface area contributed by atoms with Gasteiger partial charge in [-0.1, -0.05) is 24.6 Å². The fourth-order valence-corrected chi connectivity index (χ4v) is 3.49. The van der Waals surface area contributed by atoms with Crippen LogP contribution < -0.4 is 5.32 Å². The van der Waals surface area contributed by atoms with E-state index in [9.17, 15) is 9.90 Å². The first kappa shape index (κ1) is 17.1. The van der Waals surface area contributed by atoms with Crippen molar-refractivity contribution in [1.29, 1.82) is 0 Å². The zero-order valence-corrected chi connectivity index (χ0v) is 13.8. The number of hydrogen-bond donors (Lipinski definition) is 2. The molecule has 112 valence electrons. The Morgan fingerprint density at radius 2 is 1.85 bits per heavy atom. The zero-order valence-electron chi connectivity index (χ0n) is 12.9. The van der Waals surface area contributed by atoms with Gasteiger partial charge in [-0.2, -0.15) is 0 Å². The Kier molecular flexibility index (Phi) is 6.08. The van der Waals surface area contributed by atoms with E-state index in [-0.39, 0.29) is 11.3 Å². The molecule has 0 aliphatic carbocycles. The molecular weight excluding hydrogens is 270 g/mol. The van der Waals surface area contributed by atoms with E-state index in [4.69, 9.17) is 0 Å². The lowest BCUT2D eigenvalue weighted by Crippen LogP contribution is -2.53. The molecule has 0 spiro atoms. The van der Waals surface area contributed by atoms with Gasteiger partial charge in [0.1, 0.15) is 5.54 Å². The Balaban J connectivity index is 2.69. The van der Waals surface area contributed by atoms with Crippen molar-refractivity contribution in [3.05, 3.63) is 29.8 Å². The number of benzene rings is 1. The number of hydrogen-bond acceptors (Lipinski definition) is 3. The molecule has 1 aromatic rings. The lowest BCUT2D eigenvalue weighted by molar-refractivity contribution is -0.144. The predicted molar refractivity (Wildman–Crippen MR) is 85.4 cm³/mol. The maximum atomic E-state index is 11.5. The summed E-state index contributed by atoms with van der Waals surface area (Å²) in [6.45, 7) is 9.85. The maximum Gasteiger partial charge on any atom is 0.323 e. The molecule has 0 aliphatic rings. The van der Waals surface area contributed by atoms with Crippen LogP contribution in [0.25, 0.3) is 0 Å². The van der Waals surface area contributed by atoms with Crippen molar-refractivity contribution in [1.82, 2.24) is 5.32 Å². The van der Waals surface area contributed by atoms with Crippen molar-refractivity contribution in [2.24, 2.45) is 0 Å². The average molecular weight is 295 g/mol. The van der Waals surface area contributed by atoms with E-state index in [1.165, 1.54) is 10.5 Å². The molecule has 0 saturated carbocycles. The van der Waals surface area contributed by atoms with Crippen molar-refractivity contribution < 1.29 is 9.90 Å². The first-order chi connectivity index (χ1) is 9.23. The molecule has 2 N–H and O–H groups in total. The molecule has 0 fully saturated rings. The van der Waals surface area contributed by atoms with Crippen molar-refractivity contribution in [3.63, 3.8) is 0 Å². The Hall–Kier alpha value is -1.00. The second-order valence-corrected chi connectivity index (χ2v) is 7.39. The summed E-state index contributed by atoms with van der Waals surface area (Å²) < 4.78 is 0. The molecule has 0 radical (unpaired) electrons. The number of carbonyl (C=O) groups is 1. The smallest absolute Gasteiger partial charge is 0.323 e. The van der Waals surface area contributed by atoms with Crippen LogP contribution in [-0.4, -0.2) is 27.9 Å². The fourth-order valence-electron chi connectivity index (χ4n) is 2.31. The fraction of sp³-hybridized carbons (Fsp3) is 0.562. The molecule has 0 aromatic heterocycles. The van der Waals surface area contributed by atoms with Crippen LogP contribution >= 0.6 is 11.8 Å². The van der Waals surface area contributed by atoms with Gasteiger partial charge < -0.3 is 5.11 Å². The van der Waals surface area contributed by atoms with Gasteiger partial charge in [-0.25, -0.2) is 0 Å². The number of carboxylic acids is 1. The molecule has 20 heavy (non-hydrogen) atoms. The maximum absolute atomic E-state index is 11.5. The summed E-state index contributed by atoms with van der Waals surface area (Å²) in [5.74, 6) is -0.789. The molecule has 2 atom stereocenters. The van der Waals surface area contributed by atoms with E-state index in [2.05, 4.69) is 43.4 Å². The number of rotatable bonds is 7. The molecule has 0 bridgehead atoms. The standard InChI is InChI=1S/C16H25NO2S/c1-11(2)17-16(5,15(18)19)10-13(4)20-14-8-6-12(3)7-9-14/h6-9,11,13,17H,10H2,1-5H3,(H,18,19). The molecule has 3 nitrogen and oxygen atoms in total. The highest BCUT2D eigenvalue weighted by atomic mass is 32.2. The molecule has 0 amide bonds. The summed E-state index contributed by atoms with van der Waals surface area (Å²) in [5, 5.41) is 12.9. The highest BCUT2D eigenvalue weighted by Gasteiger charge is 2.35. The van der Waals surface area contributed by atoms with Crippen LogP contribution in [0.2, 0.25) is 0 Å². The van der Waals surface area contributed by atoms with Gasteiger partial charge in [-0.3, -0.25) is 10.1 Å². The summed E-state index contributed by atoms with van der Waals surface area (Å²) in [6, 6.07) is 8.48. The van der Waals surface area contributed by atoms with Crippen LogP contribution in [0.4, 0.5) is 0 Å². The summed E-state index contributed by atoms with van der Waals surface area (Å²) in [7, 11) is 0. The third kappa shape index (κ3) is 5.17.